The van der Waals surface area contributed by atoms with Gasteiger partial charge in [-0.05, 0) is 59.9 Å². The summed E-state index contributed by atoms with van der Waals surface area (Å²) in [6.45, 7) is 7.72. The first-order chi connectivity index (χ1) is 13.7. The van der Waals surface area contributed by atoms with Crippen LogP contribution < -0.4 is 4.74 Å². The predicted molar refractivity (Wildman–Crippen MR) is 112 cm³/mol. The van der Waals surface area contributed by atoms with Crippen LogP contribution in [0.15, 0.2) is 71.8 Å². The van der Waals surface area contributed by atoms with Crippen LogP contribution in [0.5, 0.6) is 11.5 Å². The van der Waals surface area contributed by atoms with Gasteiger partial charge in [-0.3, -0.25) is 4.79 Å². The van der Waals surface area contributed by atoms with Crippen LogP contribution >= 0.6 is 23.2 Å². The van der Waals surface area contributed by atoms with E-state index in [0.717, 1.165) is 0 Å². The van der Waals surface area contributed by atoms with E-state index in [1.54, 1.807) is 30.4 Å². The standard InChI is InChI=1S/C23H21Cl2FO3/c1-4-19(29-22(27)21-18(13-20(24)25)23(21,2)3)14-6-5-7-17(12-14)28-16-10-8-15(26)9-11-16/h4-13,18-19,21H,1H2,2-3H3. The molecular weight excluding hydrogens is 414 g/mol. The normalized spacial score (nSPS) is 20.3. The second-order valence-electron chi connectivity index (χ2n) is 7.50. The molecule has 0 heterocycles. The second kappa shape index (κ2) is 8.60. The van der Waals surface area contributed by atoms with Crippen molar-refractivity contribution in [3.63, 3.8) is 0 Å². The minimum atomic E-state index is -0.633. The summed E-state index contributed by atoms with van der Waals surface area (Å²) < 4.78 is 24.6. The van der Waals surface area contributed by atoms with Gasteiger partial charge in [-0.2, -0.15) is 0 Å². The number of ether oxygens (including phenoxy) is 2. The number of hydrogen-bond donors (Lipinski definition) is 0. The molecule has 152 valence electrons. The SMILES string of the molecule is C=CC(OC(=O)C1C(C=C(Cl)Cl)C1(C)C)c1cccc(Oc2ccc(F)cc2)c1. The first kappa shape index (κ1) is 21.4. The van der Waals surface area contributed by atoms with Crippen molar-refractivity contribution in [3.8, 4) is 11.5 Å². The predicted octanol–water partition coefficient (Wildman–Crippen LogP) is 6.98. The van der Waals surface area contributed by atoms with E-state index in [9.17, 15) is 9.18 Å². The third-order valence-corrected chi connectivity index (χ3v) is 5.42. The monoisotopic (exact) mass is 434 g/mol. The lowest BCUT2D eigenvalue weighted by molar-refractivity contribution is -0.149. The fraction of sp³-hybridized carbons (Fsp3) is 0.261. The Labute approximate surface area is 179 Å². The summed E-state index contributed by atoms with van der Waals surface area (Å²) >= 11 is 11.5. The zero-order valence-corrected chi connectivity index (χ0v) is 17.6. The largest absolute Gasteiger partial charge is 0.457 e. The molecule has 3 nitrogen and oxygen atoms in total. The Morgan fingerprint density at radius 3 is 2.48 bits per heavy atom. The molecule has 0 saturated heterocycles. The van der Waals surface area contributed by atoms with E-state index in [0.29, 0.717) is 17.1 Å². The molecule has 1 aliphatic carbocycles. The summed E-state index contributed by atoms with van der Waals surface area (Å²) in [6.07, 6.45) is 2.60. The smallest absolute Gasteiger partial charge is 0.311 e. The van der Waals surface area contributed by atoms with E-state index in [1.165, 1.54) is 24.3 Å². The molecule has 0 N–H and O–H groups in total. The van der Waals surface area contributed by atoms with E-state index in [4.69, 9.17) is 32.7 Å². The van der Waals surface area contributed by atoms with Crippen LogP contribution in [0.1, 0.15) is 25.5 Å². The minimum Gasteiger partial charge on any atom is -0.457 e. The molecule has 0 radical (unpaired) electrons. The number of allylic oxidation sites excluding steroid dienone is 1. The average Bonchev–Trinajstić information content (AvgIpc) is 3.21. The second-order valence-corrected chi connectivity index (χ2v) is 8.51. The van der Waals surface area contributed by atoms with Gasteiger partial charge in [0.15, 0.2) is 0 Å². The molecule has 1 saturated carbocycles. The highest BCUT2D eigenvalue weighted by Crippen LogP contribution is 2.60. The van der Waals surface area contributed by atoms with Crippen molar-refractivity contribution < 1.29 is 18.7 Å². The van der Waals surface area contributed by atoms with E-state index >= 15 is 0 Å². The number of benzene rings is 2. The maximum atomic E-state index is 13.1. The van der Waals surface area contributed by atoms with Crippen LogP contribution in [0.4, 0.5) is 4.39 Å². The summed E-state index contributed by atoms with van der Waals surface area (Å²) in [6, 6.07) is 12.9. The van der Waals surface area contributed by atoms with Crippen molar-refractivity contribution in [1.82, 2.24) is 0 Å². The average molecular weight is 435 g/mol. The molecular formula is C23H21Cl2FO3. The molecule has 3 atom stereocenters. The number of esters is 1. The molecule has 1 fully saturated rings. The van der Waals surface area contributed by atoms with E-state index in [1.807, 2.05) is 19.9 Å². The maximum absolute atomic E-state index is 13.1. The molecule has 0 bridgehead atoms. The summed E-state index contributed by atoms with van der Waals surface area (Å²) in [5.74, 6) is -0.0202. The van der Waals surface area contributed by atoms with Gasteiger partial charge in [0, 0.05) is 5.56 Å². The number of carbonyl (C=O) groups excluding carboxylic acids is 1. The van der Waals surface area contributed by atoms with Crippen LogP contribution in [-0.2, 0) is 9.53 Å². The lowest BCUT2D eigenvalue weighted by Gasteiger charge is -2.16. The van der Waals surface area contributed by atoms with Crippen LogP contribution in [0.3, 0.4) is 0 Å². The molecule has 2 aromatic carbocycles. The van der Waals surface area contributed by atoms with Crippen molar-refractivity contribution in [2.45, 2.75) is 20.0 Å². The molecule has 1 aliphatic rings. The molecule has 0 amide bonds. The zero-order valence-electron chi connectivity index (χ0n) is 16.1. The van der Waals surface area contributed by atoms with Crippen molar-refractivity contribution in [1.29, 1.82) is 0 Å². The highest BCUT2D eigenvalue weighted by Gasteiger charge is 2.61. The zero-order chi connectivity index (χ0) is 21.2. The van der Waals surface area contributed by atoms with Gasteiger partial charge in [-0.1, -0.05) is 55.8 Å². The summed E-state index contributed by atoms with van der Waals surface area (Å²) in [4.78, 5) is 12.7. The lowest BCUT2D eigenvalue weighted by Crippen LogP contribution is -2.14. The van der Waals surface area contributed by atoms with Gasteiger partial charge < -0.3 is 9.47 Å². The van der Waals surface area contributed by atoms with Crippen LogP contribution in [-0.4, -0.2) is 5.97 Å². The third-order valence-electron chi connectivity index (χ3n) is 5.16. The maximum Gasteiger partial charge on any atom is 0.311 e. The van der Waals surface area contributed by atoms with E-state index in [-0.39, 0.29) is 33.5 Å². The fourth-order valence-corrected chi connectivity index (χ4v) is 3.69. The highest BCUT2D eigenvalue weighted by atomic mass is 35.5. The van der Waals surface area contributed by atoms with Crippen LogP contribution in [0.25, 0.3) is 0 Å². The number of hydrogen-bond acceptors (Lipinski definition) is 3. The van der Waals surface area contributed by atoms with E-state index < -0.39 is 6.10 Å². The third kappa shape index (κ3) is 5.01. The Morgan fingerprint density at radius 1 is 1.17 bits per heavy atom. The Hall–Kier alpha value is -2.30. The first-order valence-corrected chi connectivity index (χ1v) is 9.87. The number of rotatable bonds is 7. The Kier molecular flexibility index (Phi) is 6.35. The Bertz CT molecular complexity index is 933. The number of carbonyl (C=O) groups is 1. The molecule has 2 aromatic rings. The Balaban J connectivity index is 1.72. The van der Waals surface area contributed by atoms with Crippen LogP contribution in [0, 0.1) is 23.1 Å². The summed E-state index contributed by atoms with van der Waals surface area (Å²) in [5.41, 5.74) is 0.444. The van der Waals surface area contributed by atoms with Crippen molar-refractivity contribution >= 4 is 29.2 Å². The van der Waals surface area contributed by atoms with Crippen molar-refractivity contribution in [2.24, 2.45) is 17.3 Å². The molecule has 0 aromatic heterocycles. The summed E-state index contributed by atoms with van der Waals surface area (Å²) in [7, 11) is 0. The molecule has 3 rings (SSSR count). The molecule has 6 heteroatoms. The van der Waals surface area contributed by atoms with E-state index in [2.05, 4.69) is 6.58 Å². The molecule has 0 aliphatic heterocycles. The lowest BCUT2D eigenvalue weighted by atomic mass is 10.1. The van der Waals surface area contributed by atoms with Crippen molar-refractivity contribution in [3.05, 3.63) is 83.1 Å². The highest BCUT2D eigenvalue weighted by molar-refractivity contribution is 6.55. The van der Waals surface area contributed by atoms with Gasteiger partial charge in [-0.15, -0.1) is 0 Å². The van der Waals surface area contributed by atoms with Gasteiger partial charge in [0.1, 0.15) is 27.9 Å². The quantitative estimate of drug-likeness (QED) is 0.348. The number of halogens is 3. The first-order valence-electron chi connectivity index (χ1n) is 9.11. The minimum absolute atomic E-state index is 0.0707. The molecule has 0 spiro atoms. The Morgan fingerprint density at radius 2 is 1.86 bits per heavy atom. The molecule has 3 unspecified atom stereocenters. The van der Waals surface area contributed by atoms with Gasteiger partial charge in [-0.25, -0.2) is 4.39 Å². The van der Waals surface area contributed by atoms with Gasteiger partial charge in [0.2, 0.25) is 0 Å². The fourth-order valence-electron chi connectivity index (χ4n) is 3.42. The summed E-state index contributed by atoms with van der Waals surface area (Å²) in [5, 5.41) is 0. The van der Waals surface area contributed by atoms with Gasteiger partial charge in [0.05, 0.1) is 5.92 Å². The van der Waals surface area contributed by atoms with Crippen LogP contribution in [0.2, 0.25) is 0 Å². The molecule has 29 heavy (non-hydrogen) atoms. The van der Waals surface area contributed by atoms with Gasteiger partial charge >= 0.3 is 5.97 Å². The topological polar surface area (TPSA) is 35.5 Å². The van der Waals surface area contributed by atoms with Gasteiger partial charge in [0.25, 0.3) is 0 Å². The van der Waals surface area contributed by atoms with Crippen molar-refractivity contribution in [2.75, 3.05) is 0 Å².